The average Bonchev–Trinajstić information content (AvgIpc) is 2.89. The molecule has 2 rings (SSSR count). The minimum absolute atomic E-state index is 0.170. The SMILES string of the molecule is CC.CCNCC(=O)C(C)C.Cc1c[nH]c2ccccc12. The van der Waals surface area contributed by atoms with Gasteiger partial charge in [0.05, 0.1) is 6.54 Å². The van der Waals surface area contributed by atoms with E-state index in [1.54, 1.807) is 0 Å². The molecule has 2 N–H and O–H groups in total. The van der Waals surface area contributed by atoms with E-state index in [9.17, 15) is 4.79 Å². The molecule has 3 heteroatoms. The van der Waals surface area contributed by atoms with Crippen LogP contribution in [0.1, 0.15) is 40.2 Å². The number of hydrogen-bond acceptors (Lipinski definition) is 2. The van der Waals surface area contributed by atoms with E-state index in [0.29, 0.717) is 6.54 Å². The van der Waals surface area contributed by atoms with E-state index < -0.39 is 0 Å². The fourth-order valence-electron chi connectivity index (χ4n) is 1.67. The molecule has 0 radical (unpaired) electrons. The zero-order chi connectivity index (χ0) is 16.3. The maximum Gasteiger partial charge on any atom is 0.149 e. The fraction of sp³-hybridized carbons (Fsp3) is 0.500. The van der Waals surface area contributed by atoms with Gasteiger partial charge in [-0.3, -0.25) is 4.79 Å². The summed E-state index contributed by atoms with van der Waals surface area (Å²) in [6.45, 7) is 13.3. The van der Waals surface area contributed by atoms with Gasteiger partial charge < -0.3 is 10.3 Å². The van der Waals surface area contributed by atoms with Crippen LogP contribution in [0.5, 0.6) is 0 Å². The van der Waals surface area contributed by atoms with E-state index in [2.05, 4.69) is 35.4 Å². The van der Waals surface area contributed by atoms with Crippen LogP contribution < -0.4 is 5.32 Å². The summed E-state index contributed by atoms with van der Waals surface area (Å²) in [7, 11) is 0. The lowest BCUT2D eigenvalue weighted by Gasteiger charge is -2.02. The van der Waals surface area contributed by atoms with E-state index >= 15 is 0 Å². The summed E-state index contributed by atoms with van der Waals surface area (Å²) in [6, 6.07) is 8.31. The van der Waals surface area contributed by atoms with Gasteiger partial charge in [0.1, 0.15) is 5.78 Å². The highest BCUT2D eigenvalue weighted by Gasteiger charge is 2.03. The number of para-hydroxylation sites is 1. The molecule has 0 bridgehead atoms. The zero-order valence-corrected chi connectivity index (χ0v) is 14.3. The number of carbonyl (C=O) groups is 1. The van der Waals surface area contributed by atoms with Crippen molar-refractivity contribution in [1.82, 2.24) is 10.3 Å². The second-order valence-corrected chi connectivity index (χ2v) is 4.92. The predicted molar refractivity (Wildman–Crippen MR) is 92.8 cm³/mol. The summed E-state index contributed by atoms with van der Waals surface area (Å²) in [5, 5.41) is 4.30. The van der Waals surface area contributed by atoms with Crippen LogP contribution in [-0.4, -0.2) is 23.9 Å². The molecule has 0 aliphatic heterocycles. The third-order valence-electron chi connectivity index (χ3n) is 2.99. The third-order valence-corrected chi connectivity index (χ3v) is 2.99. The van der Waals surface area contributed by atoms with Crippen LogP contribution in [-0.2, 0) is 4.79 Å². The van der Waals surface area contributed by atoms with Gasteiger partial charge in [0.15, 0.2) is 0 Å². The van der Waals surface area contributed by atoms with E-state index in [4.69, 9.17) is 0 Å². The Kier molecular flexibility index (Phi) is 10.2. The molecule has 0 unspecified atom stereocenters. The zero-order valence-electron chi connectivity index (χ0n) is 14.3. The molecule has 2 aromatic rings. The molecule has 1 aromatic carbocycles. The minimum atomic E-state index is 0.170. The summed E-state index contributed by atoms with van der Waals surface area (Å²) in [5.41, 5.74) is 2.54. The van der Waals surface area contributed by atoms with Crippen LogP contribution in [0.25, 0.3) is 10.9 Å². The van der Waals surface area contributed by atoms with Gasteiger partial charge in [-0.15, -0.1) is 0 Å². The summed E-state index contributed by atoms with van der Waals surface area (Å²) >= 11 is 0. The average molecular weight is 290 g/mol. The van der Waals surface area contributed by atoms with Crippen molar-refractivity contribution in [3.05, 3.63) is 36.0 Å². The number of aryl methyl sites for hydroxylation is 1. The number of fused-ring (bicyclic) bond motifs is 1. The van der Waals surface area contributed by atoms with Crippen molar-refractivity contribution in [1.29, 1.82) is 0 Å². The molecule has 1 aromatic heterocycles. The Labute approximate surface area is 129 Å². The number of benzene rings is 1. The van der Waals surface area contributed by atoms with Gasteiger partial charge in [-0.05, 0) is 25.1 Å². The second kappa shape index (κ2) is 11.1. The van der Waals surface area contributed by atoms with Crippen LogP contribution in [0.2, 0.25) is 0 Å². The molecule has 0 amide bonds. The number of nitrogens with one attached hydrogen (secondary N) is 2. The quantitative estimate of drug-likeness (QED) is 0.880. The topological polar surface area (TPSA) is 44.9 Å². The second-order valence-electron chi connectivity index (χ2n) is 4.92. The molecule has 0 saturated carbocycles. The number of aromatic amines is 1. The number of Topliss-reactive ketones (excluding diaryl/α,β-unsaturated/α-hetero) is 1. The number of hydrogen-bond donors (Lipinski definition) is 2. The van der Waals surface area contributed by atoms with E-state index in [1.165, 1.54) is 16.5 Å². The van der Waals surface area contributed by atoms with Gasteiger partial charge in [-0.2, -0.15) is 0 Å². The first kappa shape index (κ1) is 19.4. The van der Waals surface area contributed by atoms with E-state index in [0.717, 1.165) is 6.54 Å². The molecule has 21 heavy (non-hydrogen) atoms. The van der Waals surface area contributed by atoms with Crippen LogP contribution in [0.4, 0.5) is 0 Å². The summed E-state index contributed by atoms with van der Waals surface area (Å²) in [6.07, 6.45) is 2.03. The maximum absolute atomic E-state index is 10.8. The summed E-state index contributed by atoms with van der Waals surface area (Å²) < 4.78 is 0. The Bertz CT molecular complexity index is 515. The van der Waals surface area contributed by atoms with Gasteiger partial charge in [0.2, 0.25) is 0 Å². The lowest BCUT2D eigenvalue weighted by Crippen LogP contribution is -2.25. The van der Waals surface area contributed by atoms with Crippen molar-refractivity contribution in [2.24, 2.45) is 5.92 Å². The highest BCUT2D eigenvalue weighted by atomic mass is 16.1. The Morgan fingerprint density at radius 2 is 1.86 bits per heavy atom. The smallest absolute Gasteiger partial charge is 0.149 e. The molecule has 0 saturated heterocycles. The Balaban J connectivity index is 0.000000344. The van der Waals surface area contributed by atoms with Crippen LogP contribution >= 0.6 is 0 Å². The largest absolute Gasteiger partial charge is 0.361 e. The van der Waals surface area contributed by atoms with E-state index in [-0.39, 0.29) is 11.7 Å². The van der Waals surface area contributed by atoms with Crippen LogP contribution in [0.3, 0.4) is 0 Å². The first-order valence-corrected chi connectivity index (χ1v) is 7.82. The first-order valence-electron chi connectivity index (χ1n) is 7.82. The van der Waals surface area contributed by atoms with Crippen LogP contribution in [0, 0.1) is 12.8 Å². The summed E-state index contributed by atoms with van der Waals surface area (Å²) in [5.74, 6) is 0.459. The molecule has 0 spiro atoms. The van der Waals surface area contributed by atoms with Gasteiger partial charge in [-0.1, -0.05) is 52.8 Å². The Hall–Kier alpha value is -1.61. The van der Waals surface area contributed by atoms with Gasteiger partial charge in [0.25, 0.3) is 0 Å². The monoisotopic (exact) mass is 290 g/mol. The standard InChI is InChI=1S/C9H9N.C7H15NO.C2H6/c1-7-6-10-9-5-3-2-4-8(7)9;1-4-8-5-7(9)6(2)3;1-2/h2-6,10H,1H3;6,8H,4-5H2,1-3H3;1-2H3. The molecular formula is C18H30N2O. The maximum atomic E-state index is 10.8. The van der Waals surface area contributed by atoms with Crippen molar-refractivity contribution < 1.29 is 4.79 Å². The van der Waals surface area contributed by atoms with Crippen molar-refractivity contribution >= 4 is 16.7 Å². The Morgan fingerprint density at radius 1 is 1.24 bits per heavy atom. The number of carbonyl (C=O) groups excluding carboxylic acids is 1. The highest BCUT2D eigenvalue weighted by Crippen LogP contribution is 2.15. The van der Waals surface area contributed by atoms with Crippen molar-refractivity contribution in [2.45, 2.75) is 41.5 Å². The number of ketones is 1. The molecule has 0 fully saturated rings. The Morgan fingerprint density at radius 3 is 2.38 bits per heavy atom. The molecule has 1 heterocycles. The molecule has 0 aliphatic carbocycles. The highest BCUT2D eigenvalue weighted by molar-refractivity contribution is 5.82. The number of H-pyrrole nitrogens is 1. The molecular weight excluding hydrogens is 260 g/mol. The molecule has 0 atom stereocenters. The fourth-order valence-corrected chi connectivity index (χ4v) is 1.67. The number of likely N-dealkylation sites (N-methyl/N-ethyl adjacent to an activating group) is 1. The van der Waals surface area contributed by atoms with Crippen molar-refractivity contribution in [3.63, 3.8) is 0 Å². The predicted octanol–water partition coefficient (Wildman–Crippen LogP) is 4.32. The van der Waals surface area contributed by atoms with Gasteiger partial charge >= 0.3 is 0 Å². The molecule has 0 aliphatic rings. The number of rotatable bonds is 4. The van der Waals surface area contributed by atoms with Gasteiger partial charge in [-0.25, -0.2) is 0 Å². The van der Waals surface area contributed by atoms with E-state index in [1.807, 2.05) is 46.9 Å². The number of aromatic nitrogens is 1. The van der Waals surface area contributed by atoms with Crippen molar-refractivity contribution in [2.75, 3.05) is 13.1 Å². The van der Waals surface area contributed by atoms with Crippen LogP contribution in [0.15, 0.2) is 30.5 Å². The third kappa shape index (κ3) is 7.09. The molecule has 3 nitrogen and oxygen atoms in total. The lowest BCUT2D eigenvalue weighted by molar-refractivity contribution is -0.121. The minimum Gasteiger partial charge on any atom is -0.361 e. The summed E-state index contributed by atoms with van der Waals surface area (Å²) in [4.78, 5) is 14.0. The normalized spacial score (nSPS) is 9.67. The molecule has 118 valence electrons. The first-order chi connectivity index (χ1) is 10.1. The van der Waals surface area contributed by atoms with Gasteiger partial charge in [0, 0.05) is 23.0 Å². The van der Waals surface area contributed by atoms with Crippen molar-refractivity contribution in [3.8, 4) is 0 Å². The lowest BCUT2D eigenvalue weighted by atomic mass is 10.1.